The third kappa shape index (κ3) is 2.80. The van der Waals surface area contributed by atoms with Crippen molar-refractivity contribution in [2.45, 2.75) is 18.4 Å². The summed E-state index contributed by atoms with van der Waals surface area (Å²) in [5.74, 6) is 2.63. The number of aliphatic imine (C=N–C) groups is 2. The molecule has 4 aliphatic rings. The van der Waals surface area contributed by atoms with Crippen LogP contribution in [0.1, 0.15) is 18.0 Å². The largest absolute Gasteiger partial charge is 0.328 e. The number of hydrogen-bond acceptors (Lipinski definition) is 9. The van der Waals surface area contributed by atoms with Crippen molar-refractivity contribution in [2.75, 3.05) is 38.5 Å². The highest BCUT2D eigenvalue weighted by Crippen LogP contribution is 2.28. The highest BCUT2D eigenvalue weighted by Gasteiger charge is 2.37. The summed E-state index contributed by atoms with van der Waals surface area (Å²) in [6.45, 7) is 3.81. The number of aromatic nitrogens is 1. The number of hydrazone groups is 1. The van der Waals surface area contributed by atoms with Gasteiger partial charge in [0.05, 0.1) is 18.3 Å². The SMILES string of the molecule is CN1CC(C2CN=C3C(Nc4cc(C5CCNC5)ns4)=NC=CN32)C=N1. The third-order valence-corrected chi connectivity index (χ3v) is 6.06. The summed E-state index contributed by atoms with van der Waals surface area (Å²) >= 11 is 1.50. The van der Waals surface area contributed by atoms with Gasteiger partial charge in [0, 0.05) is 50.6 Å². The van der Waals surface area contributed by atoms with Crippen molar-refractivity contribution in [3.63, 3.8) is 0 Å². The van der Waals surface area contributed by atoms with Gasteiger partial charge in [-0.05, 0) is 30.6 Å². The highest BCUT2D eigenvalue weighted by atomic mass is 32.1. The second kappa shape index (κ2) is 6.48. The summed E-state index contributed by atoms with van der Waals surface area (Å²) in [6, 6.07) is 2.46. The maximum Gasteiger partial charge on any atom is 0.174 e. The molecular weight excluding hydrogens is 348 g/mol. The summed E-state index contributed by atoms with van der Waals surface area (Å²) in [4.78, 5) is 11.5. The van der Waals surface area contributed by atoms with Gasteiger partial charge in [0.1, 0.15) is 5.00 Å². The lowest BCUT2D eigenvalue weighted by Crippen LogP contribution is -2.44. The molecule has 3 unspecified atom stereocenters. The molecule has 0 bridgehead atoms. The molecule has 8 nitrogen and oxygen atoms in total. The first-order valence-corrected chi connectivity index (χ1v) is 9.82. The van der Waals surface area contributed by atoms with E-state index in [-0.39, 0.29) is 0 Å². The summed E-state index contributed by atoms with van der Waals surface area (Å²) in [7, 11) is 2.01. The lowest BCUT2D eigenvalue weighted by Gasteiger charge is -2.29. The second-order valence-electron chi connectivity index (χ2n) is 7.11. The first-order valence-electron chi connectivity index (χ1n) is 9.05. The van der Waals surface area contributed by atoms with Gasteiger partial charge in [-0.25, -0.2) is 4.99 Å². The van der Waals surface area contributed by atoms with Gasteiger partial charge in [0.2, 0.25) is 0 Å². The molecule has 2 N–H and O–H groups in total. The van der Waals surface area contributed by atoms with Gasteiger partial charge < -0.3 is 15.5 Å². The van der Waals surface area contributed by atoms with Crippen molar-refractivity contribution in [1.29, 1.82) is 0 Å². The van der Waals surface area contributed by atoms with E-state index >= 15 is 0 Å². The molecule has 26 heavy (non-hydrogen) atoms. The zero-order valence-electron chi connectivity index (χ0n) is 14.7. The molecule has 3 atom stereocenters. The molecule has 136 valence electrons. The Kier molecular flexibility index (Phi) is 3.97. The molecule has 0 amide bonds. The maximum atomic E-state index is 4.76. The minimum atomic E-state index is 0.309. The molecule has 9 heteroatoms. The fraction of sp³-hybridized carbons (Fsp3) is 0.529. The highest BCUT2D eigenvalue weighted by molar-refractivity contribution is 7.10. The molecule has 5 rings (SSSR count). The lowest BCUT2D eigenvalue weighted by molar-refractivity contribution is 0.299. The first kappa shape index (κ1) is 16.0. The van der Waals surface area contributed by atoms with Gasteiger partial charge in [-0.15, -0.1) is 0 Å². The van der Waals surface area contributed by atoms with Crippen molar-refractivity contribution in [1.82, 2.24) is 19.6 Å². The summed E-state index contributed by atoms with van der Waals surface area (Å²) < 4.78 is 4.63. The lowest BCUT2D eigenvalue weighted by atomic mass is 10.0. The second-order valence-corrected chi connectivity index (χ2v) is 7.92. The predicted octanol–water partition coefficient (Wildman–Crippen LogP) is 1.15. The summed E-state index contributed by atoms with van der Waals surface area (Å²) in [5, 5.41) is 14.2. The Balaban J connectivity index is 1.29. The number of nitrogens with one attached hydrogen (secondary N) is 2. The molecule has 0 radical (unpaired) electrons. The third-order valence-electron chi connectivity index (χ3n) is 5.35. The summed E-state index contributed by atoms with van der Waals surface area (Å²) in [5.41, 5.74) is 1.17. The molecule has 0 spiro atoms. The molecule has 1 aromatic rings. The number of rotatable bonds is 3. The van der Waals surface area contributed by atoms with Crippen molar-refractivity contribution in [3.05, 3.63) is 24.2 Å². The van der Waals surface area contributed by atoms with Crippen LogP contribution in [0.2, 0.25) is 0 Å². The van der Waals surface area contributed by atoms with Gasteiger partial charge in [-0.3, -0.25) is 10.0 Å². The van der Waals surface area contributed by atoms with E-state index in [2.05, 4.69) is 36.1 Å². The summed E-state index contributed by atoms with van der Waals surface area (Å²) in [6.07, 6.45) is 7.07. The van der Waals surface area contributed by atoms with Crippen LogP contribution < -0.4 is 10.6 Å². The Labute approximate surface area is 156 Å². The monoisotopic (exact) mass is 370 g/mol. The van der Waals surface area contributed by atoms with Crippen molar-refractivity contribution >= 4 is 34.4 Å². The number of amidine groups is 2. The molecule has 1 saturated heterocycles. The molecule has 0 aromatic carbocycles. The van der Waals surface area contributed by atoms with Crippen LogP contribution in [0.5, 0.6) is 0 Å². The predicted molar refractivity (Wildman–Crippen MR) is 105 cm³/mol. The zero-order valence-corrected chi connectivity index (χ0v) is 15.5. The Morgan fingerprint density at radius 2 is 2.35 bits per heavy atom. The number of nitrogens with zero attached hydrogens (tertiary/aromatic N) is 6. The van der Waals surface area contributed by atoms with Gasteiger partial charge in [-0.1, -0.05) is 0 Å². The van der Waals surface area contributed by atoms with E-state index < -0.39 is 0 Å². The quantitative estimate of drug-likeness (QED) is 0.834. The van der Waals surface area contributed by atoms with Crippen LogP contribution in [0, 0.1) is 5.92 Å². The molecule has 0 aliphatic carbocycles. The van der Waals surface area contributed by atoms with Crippen LogP contribution in [-0.4, -0.2) is 71.4 Å². The molecule has 0 saturated carbocycles. The van der Waals surface area contributed by atoms with Crippen LogP contribution in [0.3, 0.4) is 0 Å². The molecule has 5 heterocycles. The van der Waals surface area contributed by atoms with Gasteiger partial charge >= 0.3 is 0 Å². The standard InChI is InChI=1S/C17H22N8S/c1-24-10-12(8-21-24)14-9-20-17-16(19-4-5-25(14)17)22-15-6-13(23-26-15)11-2-3-18-7-11/h4-6,8,11-12,14,18H,2-3,7,9-10H2,1H3,(H,19,22). The van der Waals surface area contributed by atoms with Crippen LogP contribution in [0.4, 0.5) is 5.00 Å². The van der Waals surface area contributed by atoms with Crippen LogP contribution in [0.15, 0.2) is 33.6 Å². The topological polar surface area (TPSA) is 80.5 Å². The average molecular weight is 370 g/mol. The van der Waals surface area contributed by atoms with E-state index in [0.717, 1.165) is 49.3 Å². The molecule has 1 fully saturated rings. The van der Waals surface area contributed by atoms with Crippen molar-refractivity contribution in [3.8, 4) is 0 Å². The molecule has 4 aliphatic heterocycles. The van der Waals surface area contributed by atoms with Crippen molar-refractivity contribution < 1.29 is 0 Å². The van der Waals surface area contributed by atoms with E-state index in [1.165, 1.54) is 17.2 Å². The van der Waals surface area contributed by atoms with E-state index in [1.807, 2.05) is 30.7 Å². The zero-order chi connectivity index (χ0) is 17.5. The molecular formula is C17H22N8S. The number of anilines is 1. The average Bonchev–Trinajstić information content (AvgIpc) is 3.42. The van der Waals surface area contributed by atoms with Gasteiger partial charge in [0.15, 0.2) is 11.7 Å². The van der Waals surface area contributed by atoms with Crippen LogP contribution in [-0.2, 0) is 0 Å². The van der Waals surface area contributed by atoms with E-state index in [1.54, 1.807) is 0 Å². The van der Waals surface area contributed by atoms with E-state index in [0.29, 0.717) is 17.9 Å². The Hall–Kier alpha value is -2.26. The Bertz CT molecular complexity index is 803. The van der Waals surface area contributed by atoms with E-state index in [9.17, 15) is 0 Å². The number of hydrogen-bond donors (Lipinski definition) is 2. The fourth-order valence-electron chi connectivity index (χ4n) is 3.94. The van der Waals surface area contributed by atoms with Crippen LogP contribution in [0.25, 0.3) is 0 Å². The number of fused-ring (bicyclic) bond motifs is 1. The minimum Gasteiger partial charge on any atom is -0.328 e. The Morgan fingerprint density at radius 1 is 1.38 bits per heavy atom. The van der Waals surface area contributed by atoms with Gasteiger partial charge in [0.25, 0.3) is 0 Å². The van der Waals surface area contributed by atoms with Crippen LogP contribution >= 0.6 is 11.5 Å². The maximum absolute atomic E-state index is 4.76. The van der Waals surface area contributed by atoms with E-state index in [4.69, 9.17) is 4.99 Å². The molecule has 1 aromatic heterocycles. The minimum absolute atomic E-state index is 0.309. The van der Waals surface area contributed by atoms with Gasteiger partial charge in [-0.2, -0.15) is 9.47 Å². The normalized spacial score (nSPS) is 30.0. The fourth-order valence-corrected chi connectivity index (χ4v) is 4.66. The Morgan fingerprint density at radius 3 is 3.15 bits per heavy atom. The van der Waals surface area contributed by atoms with Crippen molar-refractivity contribution in [2.24, 2.45) is 21.0 Å². The first-order chi connectivity index (χ1) is 12.8. The smallest absolute Gasteiger partial charge is 0.174 e.